The Kier molecular flexibility index (Phi) is 4.43. The van der Waals surface area contributed by atoms with Crippen LogP contribution in [0.2, 0.25) is 0 Å². The molecule has 21 heavy (non-hydrogen) atoms. The van der Waals surface area contributed by atoms with Gasteiger partial charge in [-0.25, -0.2) is 22.3 Å². The van der Waals surface area contributed by atoms with Gasteiger partial charge in [-0.15, -0.1) is 0 Å². The van der Waals surface area contributed by atoms with Crippen molar-refractivity contribution in [2.45, 2.75) is 37.1 Å². The topological polar surface area (TPSA) is 83.5 Å². The third kappa shape index (κ3) is 3.48. The maximum Gasteiger partial charge on any atom is 0.338 e. The van der Waals surface area contributed by atoms with Crippen LogP contribution in [0.1, 0.15) is 35.2 Å². The maximum atomic E-state index is 13.7. The summed E-state index contributed by atoms with van der Waals surface area (Å²) >= 11 is 0. The van der Waals surface area contributed by atoms with Gasteiger partial charge in [0.2, 0.25) is 10.0 Å². The highest BCUT2D eigenvalue weighted by Crippen LogP contribution is 2.21. The van der Waals surface area contributed by atoms with Gasteiger partial charge in [0.05, 0.1) is 10.5 Å². The molecule has 0 heterocycles. The molecule has 7 heteroatoms. The van der Waals surface area contributed by atoms with Crippen molar-refractivity contribution in [1.29, 1.82) is 0 Å². The summed E-state index contributed by atoms with van der Waals surface area (Å²) in [5, 5.41) is 8.94. The quantitative estimate of drug-likeness (QED) is 0.835. The van der Waals surface area contributed by atoms with Crippen LogP contribution in [0.3, 0.4) is 0 Å². The zero-order valence-electron chi connectivity index (χ0n) is 11.5. The van der Waals surface area contributed by atoms with Crippen LogP contribution in [0, 0.1) is 12.7 Å². The molecular weight excluding hydrogens is 297 g/mol. The Balaban J connectivity index is 2.35. The van der Waals surface area contributed by atoms with Crippen LogP contribution in [0.15, 0.2) is 29.2 Å². The van der Waals surface area contributed by atoms with Crippen LogP contribution in [0.4, 0.5) is 4.39 Å². The van der Waals surface area contributed by atoms with Gasteiger partial charge < -0.3 is 5.11 Å². The lowest BCUT2D eigenvalue weighted by Crippen LogP contribution is -2.35. The summed E-state index contributed by atoms with van der Waals surface area (Å²) < 4.78 is 40.8. The fraction of sp³-hybridized carbons (Fsp3) is 0.357. The summed E-state index contributed by atoms with van der Waals surface area (Å²) in [5.41, 5.74) is -0.655. The standard InChI is InChI=1S/C14H16FNO4S/c1-9-7-11(8-12(13(9)15)14(17)18)21(19,20)16-10-5-3-2-4-6-10/h2-3,7-8,10,16H,4-6H2,1H3,(H,17,18). The van der Waals surface area contributed by atoms with Crippen LogP contribution in [0.5, 0.6) is 0 Å². The van der Waals surface area contributed by atoms with E-state index in [1.807, 2.05) is 12.2 Å². The fourth-order valence-electron chi connectivity index (χ4n) is 2.24. The Morgan fingerprint density at radius 2 is 2.10 bits per heavy atom. The monoisotopic (exact) mass is 313 g/mol. The molecule has 5 nitrogen and oxygen atoms in total. The molecule has 1 atom stereocenters. The minimum Gasteiger partial charge on any atom is -0.478 e. The number of aromatic carboxylic acids is 1. The average Bonchev–Trinajstić information content (AvgIpc) is 2.41. The van der Waals surface area contributed by atoms with Gasteiger partial charge in [-0.05, 0) is 43.9 Å². The average molecular weight is 313 g/mol. The van der Waals surface area contributed by atoms with Crippen molar-refractivity contribution < 1.29 is 22.7 Å². The summed E-state index contributed by atoms with van der Waals surface area (Å²) in [6, 6.07) is 1.77. The van der Waals surface area contributed by atoms with Crippen molar-refractivity contribution in [3.8, 4) is 0 Å². The van der Waals surface area contributed by atoms with E-state index in [0.717, 1.165) is 18.6 Å². The number of halogens is 1. The van der Waals surface area contributed by atoms with Crippen LogP contribution < -0.4 is 4.72 Å². The van der Waals surface area contributed by atoms with E-state index in [1.165, 1.54) is 6.92 Å². The van der Waals surface area contributed by atoms with Crippen LogP contribution >= 0.6 is 0 Å². The Bertz CT molecular complexity index is 697. The minimum atomic E-state index is -3.87. The zero-order valence-corrected chi connectivity index (χ0v) is 12.3. The lowest BCUT2D eigenvalue weighted by atomic mass is 10.0. The molecule has 1 unspecified atom stereocenters. The second-order valence-corrected chi connectivity index (χ2v) is 6.72. The molecule has 0 aromatic heterocycles. The SMILES string of the molecule is Cc1cc(S(=O)(=O)NC2CC=CCC2)cc(C(=O)O)c1F. The second kappa shape index (κ2) is 5.95. The van der Waals surface area contributed by atoms with Gasteiger partial charge in [0.25, 0.3) is 0 Å². The fourth-order valence-corrected chi connectivity index (χ4v) is 3.63. The van der Waals surface area contributed by atoms with Crippen LogP contribution in [-0.2, 0) is 10.0 Å². The van der Waals surface area contributed by atoms with E-state index in [-0.39, 0.29) is 16.5 Å². The number of hydrogen-bond acceptors (Lipinski definition) is 3. The molecular formula is C14H16FNO4S. The Hall–Kier alpha value is -1.73. The molecule has 1 aromatic carbocycles. The molecule has 114 valence electrons. The maximum absolute atomic E-state index is 13.7. The highest BCUT2D eigenvalue weighted by Gasteiger charge is 2.24. The molecule has 1 aromatic rings. The van der Waals surface area contributed by atoms with E-state index >= 15 is 0 Å². The molecule has 0 amide bonds. The molecule has 0 radical (unpaired) electrons. The second-order valence-electron chi connectivity index (χ2n) is 5.01. The number of carboxylic acids is 1. The van der Waals surface area contributed by atoms with E-state index in [4.69, 9.17) is 5.11 Å². The van der Waals surface area contributed by atoms with E-state index < -0.39 is 27.4 Å². The van der Waals surface area contributed by atoms with Gasteiger partial charge in [-0.1, -0.05) is 12.2 Å². The first kappa shape index (κ1) is 15.7. The number of allylic oxidation sites excluding steroid dienone is 1. The van der Waals surface area contributed by atoms with Crippen molar-refractivity contribution in [2.24, 2.45) is 0 Å². The number of rotatable bonds is 4. The van der Waals surface area contributed by atoms with Crippen molar-refractivity contribution >= 4 is 16.0 Å². The number of sulfonamides is 1. The molecule has 1 aliphatic carbocycles. The lowest BCUT2D eigenvalue weighted by molar-refractivity contribution is 0.0691. The van der Waals surface area contributed by atoms with Gasteiger partial charge in [-0.2, -0.15) is 0 Å². The first-order valence-corrected chi connectivity index (χ1v) is 8.00. The predicted molar refractivity (Wildman–Crippen MR) is 75.2 cm³/mol. The summed E-state index contributed by atoms with van der Waals surface area (Å²) in [6.45, 7) is 1.34. The van der Waals surface area contributed by atoms with Crippen molar-refractivity contribution in [3.05, 3.63) is 41.2 Å². The van der Waals surface area contributed by atoms with Crippen molar-refractivity contribution in [3.63, 3.8) is 0 Å². The lowest BCUT2D eigenvalue weighted by Gasteiger charge is -2.19. The molecule has 0 fully saturated rings. The van der Waals surface area contributed by atoms with E-state index in [2.05, 4.69) is 4.72 Å². The molecule has 0 saturated carbocycles. The van der Waals surface area contributed by atoms with Gasteiger partial charge in [0.1, 0.15) is 5.82 Å². The highest BCUT2D eigenvalue weighted by atomic mass is 32.2. The van der Waals surface area contributed by atoms with Crippen LogP contribution in [0.25, 0.3) is 0 Å². The van der Waals surface area contributed by atoms with Gasteiger partial charge in [0.15, 0.2) is 0 Å². The molecule has 0 aliphatic heterocycles. The summed E-state index contributed by atoms with van der Waals surface area (Å²) in [6.07, 6.45) is 5.94. The Morgan fingerprint density at radius 1 is 1.38 bits per heavy atom. The largest absolute Gasteiger partial charge is 0.478 e. The Labute approximate surface area is 122 Å². The number of carbonyl (C=O) groups is 1. The summed E-state index contributed by atoms with van der Waals surface area (Å²) in [5.74, 6) is -2.41. The Morgan fingerprint density at radius 3 is 2.67 bits per heavy atom. The van der Waals surface area contributed by atoms with Crippen LogP contribution in [-0.4, -0.2) is 25.5 Å². The molecule has 1 aliphatic rings. The van der Waals surface area contributed by atoms with Crippen molar-refractivity contribution in [2.75, 3.05) is 0 Å². The first-order chi connectivity index (χ1) is 9.81. The minimum absolute atomic E-state index is 0.0150. The van der Waals surface area contributed by atoms with Crippen molar-refractivity contribution in [1.82, 2.24) is 4.72 Å². The molecule has 2 rings (SSSR count). The zero-order chi connectivity index (χ0) is 15.6. The van der Waals surface area contributed by atoms with E-state index in [0.29, 0.717) is 12.8 Å². The molecule has 0 saturated heterocycles. The smallest absolute Gasteiger partial charge is 0.338 e. The summed E-state index contributed by atoms with van der Waals surface area (Å²) in [4.78, 5) is 10.8. The predicted octanol–water partition coefficient (Wildman–Crippen LogP) is 2.22. The molecule has 0 bridgehead atoms. The van der Waals surface area contributed by atoms with Gasteiger partial charge >= 0.3 is 5.97 Å². The third-order valence-corrected chi connectivity index (χ3v) is 4.86. The van der Waals surface area contributed by atoms with E-state index in [1.54, 1.807) is 0 Å². The third-order valence-electron chi connectivity index (χ3n) is 3.36. The first-order valence-electron chi connectivity index (χ1n) is 6.52. The van der Waals surface area contributed by atoms with E-state index in [9.17, 15) is 17.6 Å². The number of hydrogen-bond donors (Lipinski definition) is 2. The number of carboxylic acid groups (broad SMARTS) is 1. The highest BCUT2D eigenvalue weighted by molar-refractivity contribution is 7.89. The molecule has 2 N–H and O–H groups in total. The normalized spacial score (nSPS) is 18.7. The van der Waals surface area contributed by atoms with Gasteiger partial charge in [0, 0.05) is 6.04 Å². The number of benzene rings is 1. The number of nitrogens with one attached hydrogen (secondary N) is 1. The number of aryl methyl sites for hydroxylation is 1. The van der Waals surface area contributed by atoms with Gasteiger partial charge in [-0.3, -0.25) is 0 Å². The molecule has 0 spiro atoms. The summed E-state index contributed by atoms with van der Waals surface area (Å²) in [7, 11) is -3.87.